The van der Waals surface area contributed by atoms with Crippen LogP contribution in [0.5, 0.6) is 0 Å². The minimum atomic E-state index is -0.731. The molecule has 0 atom stereocenters. The molecular formula is C24H16Cl3N3O3. The molecular weight excluding hydrogens is 485 g/mol. The standard InChI is InChI=1S/C24H16Cl3N3O3/c25-17-10-5-11-18(19(17)26)30-23(32)20(27)21(24(30)33)29-16-9-4-8-15(12-16)22(31)28-13-14-6-2-1-3-7-14/h1-12,29H,13H2,(H,28,31). The number of carbonyl (C=O) groups is 3. The van der Waals surface area contributed by atoms with E-state index in [4.69, 9.17) is 34.8 Å². The maximum atomic E-state index is 13.0. The summed E-state index contributed by atoms with van der Waals surface area (Å²) in [7, 11) is 0. The summed E-state index contributed by atoms with van der Waals surface area (Å²) < 4.78 is 0. The zero-order chi connectivity index (χ0) is 23.5. The summed E-state index contributed by atoms with van der Waals surface area (Å²) in [4.78, 5) is 39.1. The first kappa shape index (κ1) is 22.9. The molecule has 1 heterocycles. The van der Waals surface area contributed by atoms with Crippen molar-refractivity contribution in [1.29, 1.82) is 0 Å². The zero-order valence-corrected chi connectivity index (χ0v) is 19.2. The molecule has 0 fully saturated rings. The van der Waals surface area contributed by atoms with Crippen molar-refractivity contribution in [2.45, 2.75) is 6.54 Å². The molecule has 2 N–H and O–H groups in total. The molecule has 166 valence electrons. The van der Waals surface area contributed by atoms with Gasteiger partial charge in [0.05, 0.1) is 15.7 Å². The number of nitrogens with one attached hydrogen (secondary N) is 2. The average molecular weight is 501 g/mol. The first-order valence-corrected chi connectivity index (χ1v) is 10.9. The third-order valence-corrected chi connectivity index (χ3v) is 6.05. The van der Waals surface area contributed by atoms with Crippen molar-refractivity contribution in [3.05, 3.63) is 105 Å². The average Bonchev–Trinajstić information content (AvgIpc) is 3.03. The van der Waals surface area contributed by atoms with Crippen molar-refractivity contribution in [2.75, 3.05) is 10.2 Å². The number of anilines is 2. The topological polar surface area (TPSA) is 78.5 Å². The maximum absolute atomic E-state index is 13.0. The summed E-state index contributed by atoms with van der Waals surface area (Å²) in [6.07, 6.45) is 0. The Balaban J connectivity index is 1.52. The van der Waals surface area contributed by atoms with E-state index in [1.54, 1.807) is 36.4 Å². The van der Waals surface area contributed by atoms with E-state index in [9.17, 15) is 14.4 Å². The molecule has 0 bridgehead atoms. The maximum Gasteiger partial charge on any atom is 0.283 e. The van der Waals surface area contributed by atoms with Crippen LogP contribution in [0, 0.1) is 0 Å². The normalized spacial score (nSPS) is 13.5. The lowest BCUT2D eigenvalue weighted by Crippen LogP contribution is -2.32. The van der Waals surface area contributed by atoms with Gasteiger partial charge in [-0.2, -0.15) is 0 Å². The molecule has 3 aromatic rings. The van der Waals surface area contributed by atoms with Crippen molar-refractivity contribution in [2.24, 2.45) is 0 Å². The van der Waals surface area contributed by atoms with Crippen molar-refractivity contribution in [3.8, 4) is 0 Å². The van der Waals surface area contributed by atoms with E-state index in [0.717, 1.165) is 10.5 Å². The molecule has 1 aliphatic heterocycles. The number of amides is 3. The summed E-state index contributed by atoms with van der Waals surface area (Å²) in [5, 5.41) is 5.65. The fraction of sp³-hybridized carbons (Fsp3) is 0.0417. The molecule has 33 heavy (non-hydrogen) atoms. The van der Waals surface area contributed by atoms with E-state index in [2.05, 4.69) is 10.6 Å². The molecule has 3 aromatic carbocycles. The zero-order valence-electron chi connectivity index (χ0n) is 16.9. The molecule has 9 heteroatoms. The predicted molar refractivity (Wildman–Crippen MR) is 130 cm³/mol. The van der Waals surface area contributed by atoms with Crippen LogP contribution in [-0.2, 0) is 16.1 Å². The quantitative estimate of drug-likeness (QED) is 0.447. The van der Waals surface area contributed by atoms with Crippen LogP contribution in [0.25, 0.3) is 0 Å². The number of hydrogen-bond acceptors (Lipinski definition) is 4. The van der Waals surface area contributed by atoms with Crippen molar-refractivity contribution < 1.29 is 14.4 Å². The molecule has 4 rings (SSSR count). The van der Waals surface area contributed by atoms with Crippen LogP contribution in [0.3, 0.4) is 0 Å². The molecule has 0 aromatic heterocycles. The Labute approximate surface area is 204 Å². The van der Waals surface area contributed by atoms with E-state index in [1.807, 2.05) is 30.3 Å². The van der Waals surface area contributed by atoms with E-state index in [1.165, 1.54) is 6.07 Å². The fourth-order valence-electron chi connectivity index (χ4n) is 3.26. The molecule has 0 saturated heterocycles. The number of carbonyl (C=O) groups excluding carboxylic acids is 3. The van der Waals surface area contributed by atoms with Gasteiger partial charge in [0, 0.05) is 17.8 Å². The Morgan fingerprint density at radius 1 is 0.848 bits per heavy atom. The predicted octanol–water partition coefficient (Wildman–Crippen LogP) is 5.36. The summed E-state index contributed by atoms with van der Waals surface area (Å²) in [6, 6.07) is 20.6. The van der Waals surface area contributed by atoms with Gasteiger partial charge in [-0.1, -0.05) is 77.3 Å². The van der Waals surface area contributed by atoms with Gasteiger partial charge in [-0.05, 0) is 35.9 Å². The summed E-state index contributed by atoms with van der Waals surface area (Å²) in [5.74, 6) is -1.71. The van der Waals surface area contributed by atoms with Crippen LogP contribution >= 0.6 is 34.8 Å². The second kappa shape index (κ2) is 9.67. The molecule has 1 aliphatic rings. The number of nitrogens with zero attached hydrogens (tertiary/aromatic N) is 1. The fourth-order valence-corrected chi connectivity index (χ4v) is 3.85. The summed E-state index contributed by atoms with van der Waals surface area (Å²) in [5.41, 5.74) is 1.75. The van der Waals surface area contributed by atoms with Gasteiger partial charge in [0.25, 0.3) is 17.7 Å². The third-order valence-electron chi connectivity index (χ3n) is 4.89. The molecule has 3 amide bonds. The second-order valence-corrected chi connectivity index (χ2v) is 8.24. The number of halogens is 3. The smallest absolute Gasteiger partial charge is 0.283 e. The van der Waals surface area contributed by atoms with Crippen LogP contribution in [0.1, 0.15) is 15.9 Å². The Kier molecular flexibility index (Phi) is 6.70. The number of imide groups is 1. The van der Waals surface area contributed by atoms with Crippen LogP contribution in [0.2, 0.25) is 10.0 Å². The Bertz CT molecular complexity index is 1290. The van der Waals surface area contributed by atoms with Gasteiger partial charge < -0.3 is 10.6 Å². The largest absolute Gasteiger partial charge is 0.350 e. The molecule has 0 spiro atoms. The van der Waals surface area contributed by atoms with Gasteiger partial charge in [0.2, 0.25) is 0 Å². The summed E-state index contributed by atoms with van der Waals surface area (Å²) >= 11 is 18.4. The van der Waals surface area contributed by atoms with Gasteiger partial charge in [-0.15, -0.1) is 0 Å². The summed E-state index contributed by atoms with van der Waals surface area (Å²) in [6.45, 7) is 0.372. The molecule has 0 radical (unpaired) electrons. The van der Waals surface area contributed by atoms with E-state index in [-0.39, 0.29) is 32.4 Å². The van der Waals surface area contributed by atoms with E-state index < -0.39 is 11.8 Å². The number of hydrogen-bond donors (Lipinski definition) is 2. The lowest BCUT2D eigenvalue weighted by atomic mass is 10.1. The highest BCUT2D eigenvalue weighted by Crippen LogP contribution is 2.37. The molecule has 6 nitrogen and oxygen atoms in total. The number of benzene rings is 3. The van der Waals surface area contributed by atoms with Crippen molar-refractivity contribution in [3.63, 3.8) is 0 Å². The van der Waals surface area contributed by atoms with Gasteiger partial charge in [0.15, 0.2) is 0 Å². The molecule has 0 unspecified atom stereocenters. The van der Waals surface area contributed by atoms with Gasteiger partial charge in [-0.25, -0.2) is 4.90 Å². The SMILES string of the molecule is O=C(NCc1ccccc1)c1cccc(NC2=C(Cl)C(=O)N(c3cccc(Cl)c3Cl)C2=O)c1. The van der Waals surface area contributed by atoms with Crippen LogP contribution < -0.4 is 15.5 Å². The van der Waals surface area contributed by atoms with Gasteiger partial charge in [0.1, 0.15) is 10.7 Å². The monoisotopic (exact) mass is 499 g/mol. The van der Waals surface area contributed by atoms with Crippen molar-refractivity contribution in [1.82, 2.24) is 5.32 Å². The Hall–Kier alpha value is -3.32. The lowest BCUT2D eigenvalue weighted by Gasteiger charge is -2.17. The Morgan fingerprint density at radius 2 is 1.58 bits per heavy atom. The number of rotatable bonds is 6. The highest BCUT2D eigenvalue weighted by atomic mass is 35.5. The Morgan fingerprint density at radius 3 is 2.33 bits per heavy atom. The van der Waals surface area contributed by atoms with Gasteiger partial charge >= 0.3 is 0 Å². The first-order valence-electron chi connectivity index (χ1n) is 9.78. The van der Waals surface area contributed by atoms with Crippen molar-refractivity contribution >= 4 is 63.9 Å². The van der Waals surface area contributed by atoms with Gasteiger partial charge in [-0.3, -0.25) is 14.4 Å². The van der Waals surface area contributed by atoms with E-state index in [0.29, 0.717) is 17.8 Å². The van der Waals surface area contributed by atoms with E-state index >= 15 is 0 Å². The minimum Gasteiger partial charge on any atom is -0.350 e. The molecule has 0 saturated carbocycles. The van der Waals surface area contributed by atoms with Crippen LogP contribution in [-0.4, -0.2) is 17.7 Å². The van der Waals surface area contributed by atoms with Crippen LogP contribution in [0.15, 0.2) is 83.5 Å². The van der Waals surface area contributed by atoms with Crippen LogP contribution in [0.4, 0.5) is 11.4 Å². The first-order chi connectivity index (χ1) is 15.9. The second-order valence-electron chi connectivity index (χ2n) is 7.08. The minimum absolute atomic E-state index is 0.0590. The highest BCUT2D eigenvalue weighted by Gasteiger charge is 2.40. The molecule has 0 aliphatic carbocycles. The lowest BCUT2D eigenvalue weighted by molar-refractivity contribution is -0.120. The highest BCUT2D eigenvalue weighted by molar-refractivity contribution is 6.54. The third kappa shape index (κ3) is 4.73.